The lowest BCUT2D eigenvalue weighted by molar-refractivity contribution is -0.128. The lowest BCUT2D eigenvalue weighted by atomic mass is 10.1. The Labute approximate surface area is 146 Å². The number of hydrogen-bond donors (Lipinski definition) is 1. The molecule has 3 rings (SSSR count). The van der Waals surface area contributed by atoms with Crippen LogP contribution in [-0.4, -0.2) is 39.9 Å². The van der Waals surface area contributed by atoms with Gasteiger partial charge in [0.1, 0.15) is 5.25 Å². The Morgan fingerprint density at radius 3 is 2.74 bits per heavy atom. The van der Waals surface area contributed by atoms with E-state index in [1.165, 1.54) is 11.8 Å². The van der Waals surface area contributed by atoms with Crippen molar-refractivity contribution < 1.29 is 4.79 Å². The summed E-state index contributed by atoms with van der Waals surface area (Å²) in [5.74, 6) is 0.0239. The summed E-state index contributed by atoms with van der Waals surface area (Å²) in [6.07, 6.45) is 1.71. The summed E-state index contributed by atoms with van der Waals surface area (Å²) in [5.41, 5.74) is 2.43. The number of aromatic amines is 1. The van der Waals surface area contributed by atoms with Crippen LogP contribution in [0.3, 0.4) is 0 Å². The van der Waals surface area contributed by atoms with E-state index in [1.54, 1.807) is 25.2 Å². The van der Waals surface area contributed by atoms with E-state index in [1.807, 2.05) is 36.4 Å². The van der Waals surface area contributed by atoms with Gasteiger partial charge in [-0.15, -0.1) is 0 Å². The number of thioether (sulfide) groups is 1. The maximum Gasteiger partial charge on any atom is 0.240 e. The van der Waals surface area contributed by atoms with Gasteiger partial charge >= 0.3 is 0 Å². The number of halogens is 1. The second-order valence-corrected chi connectivity index (χ2v) is 7.22. The van der Waals surface area contributed by atoms with E-state index in [0.29, 0.717) is 10.8 Å². The Hall–Kier alpha value is -1.86. The summed E-state index contributed by atoms with van der Waals surface area (Å²) < 4.78 is 0.883. The van der Waals surface area contributed by atoms with E-state index in [0.717, 1.165) is 15.6 Å². The normalized spacial score (nSPS) is 12.3. The van der Waals surface area contributed by atoms with Gasteiger partial charge in [-0.1, -0.05) is 42.1 Å². The lowest BCUT2D eigenvalue weighted by Crippen LogP contribution is -2.26. The molecule has 3 aromatic rings. The Morgan fingerprint density at radius 1 is 1.30 bits per heavy atom. The van der Waals surface area contributed by atoms with E-state index < -0.39 is 0 Å². The molecule has 0 fully saturated rings. The fourth-order valence-corrected chi connectivity index (χ4v) is 3.61. The monoisotopic (exact) mass is 390 g/mol. The van der Waals surface area contributed by atoms with Crippen molar-refractivity contribution in [2.24, 2.45) is 0 Å². The first-order valence-corrected chi connectivity index (χ1v) is 8.66. The fourth-order valence-electron chi connectivity index (χ4n) is 2.14. The van der Waals surface area contributed by atoms with Crippen molar-refractivity contribution in [1.29, 1.82) is 0 Å². The molecule has 0 spiro atoms. The Balaban J connectivity index is 1.95. The molecule has 118 valence electrons. The minimum atomic E-state index is -0.352. The zero-order chi connectivity index (χ0) is 16.4. The zero-order valence-corrected chi connectivity index (χ0v) is 15.1. The SMILES string of the molecule is CN(C)C(=O)[C@H](Sc1nc2ncc(Br)cc2[nH]1)c1ccccc1. The minimum absolute atomic E-state index is 0.0239. The van der Waals surface area contributed by atoms with Crippen molar-refractivity contribution in [3.05, 3.63) is 52.6 Å². The molecule has 0 unspecified atom stereocenters. The molecule has 0 saturated heterocycles. The third kappa shape index (κ3) is 3.56. The molecule has 1 atom stereocenters. The third-order valence-corrected chi connectivity index (χ3v) is 4.84. The van der Waals surface area contributed by atoms with Gasteiger partial charge in [-0.25, -0.2) is 9.97 Å². The summed E-state index contributed by atoms with van der Waals surface area (Å²) in [6, 6.07) is 11.6. The maximum absolute atomic E-state index is 12.6. The zero-order valence-electron chi connectivity index (χ0n) is 12.7. The van der Waals surface area contributed by atoms with Crippen molar-refractivity contribution in [3.8, 4) is 0 Å². The van der Waals surface area contributed by atoms with Crippen LogP contribution in [0.4, 0.5) is 0 Å². The van der Waals surface area contributed by atoms with Crippen LogP contribution in [0, 0.1) is 0 Å². The molecule has 1 aromatic carbocycles. The highest BCUT2D eigenvalue weighted by molar-refractivity contribution is 9.10. The van der Waals surface area contributed by atoms with Gasteiger partial charge < -0.3 is 9.88 Å². The van der Waals surface area contributed by atoms with Crippen LogP contribution in [0.5, 0.6) is 0 Å². The topological polar surface area (TPSA) is 61.9 Å². The van der Waals surface area contributed by atoms with E-state index in [9.17, 15) is 4.79 Å². The molecule has 5 nitrogen and oxygen atoms in total. The molecular formula is C16H15BrN4OS. The number of benzene rings is 1. The predicted molar refractivity (Wildman–Crippen MR) is 95.3 cm³/mol. The molecule has 1 amide bonds. The highest BCUT2D eigenvalue weighted by atomic mass is 79.9. The van der Waals surface area contributed by atoms with Crippen LogP contribution in [0.2, 0.25) is 0 Å². The molecule has 2 aromatic heterocycles. The van der Waals surface area contributed by atoms with Crippen molar-refractivity contribution in [3.63, 3.8) is 0 Å². The highest BCUT2D eigenvalue weighted by Crippen LogP contribution is 2.35. The van der Waals surface area contributed by atoms with E-state index >= 15 is 0 Å². The number of hydrogen-bond acceptors (Lipinski definition) is 4. The number of aromatic nitrogens is 3. The summed E-state index contributed by atoms with van der Waals surface area (Å²) in [7, 11) is 3.52. The molecule has 0 aliphatic carbocycles. The first-order chi connectivity index (χ1) is 11.0. The van der Waals surface area contributed by atoms with Gasteiger partial charge in [-0.3, -0.25) is 4.79 Å². The number of carbonyl (C=O) groups is 1. The summed E-state index contributed by atoms with van der Waals surface area (Å²) in [5, 5.41) is 0.324. The van der Waals surface area contributed by atoms with Gasteiger partial charge in [0.2, 0.25) is 5.91 Å². The molecule has 0 aliphatic heterocycles. The van der Waals surface area contributed by atoms with E-state index in [-0.39, 0.29) is 11.2 Å². The van der Waals surface area contributed by atoms with Crippen LogP contribution in [-0.2, 0) is 4.79 Å². The van der Waals surface area contributed by atoms with Gasteiger partial charge in [-0.05, 0) is 27.6 Å². The molecule has 0 radical (unpaired) electrons. The number of nitrogens with zero attached hydrogens (tertiary/aromatic N) is 3. The van der Waals surface area contributed by atoms with Gasteiger partial charge in [0.25, 0.3) is 0 Å². The summed E-state index contributed by atoms with van der Waals surface area (Å²) in [4.78, 5) is 26.1. The van der Waals surface area contributed by atoms with Gasteiger partial charge in [-0.2, -0.15) is 0 Å². The lowest BCUT2D eigenvalue weighted by Gasteiger charge is -2.19. The highest BCUT2D eigenvalue weighted by Gasteiger charge is 2.25. The van der Waals surface area contributed by atoms with Crippen LogP contribution >= 0.6 is 27.7 Å². The van der Waals surface area contributed by atoms with E-state index in [2.05, 4.69) is 30.9 Å². The van der Waals surface area contributed by atoms with Crippen LogP contribution in [0.15, 0.2) is 52.2 Å². The number of amides is 1. The first kappa shape index (κ1) is 16.0. The molecular weight excluding hydrogens is 376 g/mol. The van der Waals surface area contributed by atoms with Crippen LogP contribution in [0.1, 0.15) is 10.8 Å². The van der Waals surface area contributed by atoms with Crippen molar-refractivity contribution >= 4 is 44.8 Å². The largest absolute Gasteiger partial charge is 0.348 e. The smallest absolute Gasteiger partial charge is 0.240 e. The van der Waals surface area contributed by atoms with Crippen LogP contribution < -0.4 is 0 Å². The molecule has 0 bridgehead atoms. The predicted octanol–water partition coefficient (Wildman–Crippen LogP) is 3.64. The minimum Gasteiger partial charge on any atom is -0.348 e. The Kier molecular flexibility index (Phi) is 4.68. The molecule has 0 saturated carbocycles. The number of carbonyl (C=O) groups excluding carboxylic acids is 1. The standard InChI is InChI=1S/C16H15BrN4OS/c1-21(2)15(22)13(10-6-4-3-5-7-10)23-16-19-12-8-11(17)9-18-14(12)20-16/h3-9,13H,1-2H3,(H,18,19,20)/t13-/m1/s1. The average Bonchev–Trinajstić information content (AvgIpc) is 2.94. The van der Waals surface area contributed by atoms with Crippen molar-refractivity contribution in [2.75, 3.05) is 14.1 Å². The van der Waals surface area contributed by atoms with E-state index in [4.69, 9.17) is 0 Å². The molecule has 23 heavy (non-hydrogen) atoms. The number of likely N-dealkylation sites (N-methyl/N-ethyl adjacent to an activating group) is 1. The van der Waals surface area contributed by atoms with Crippen LogP contribution in [0.25, 0.3) is 11.2 Å². The Morgan fingerprint density at radius 2 is 2.04 bits per heavy atom. The average molecular weight is 391 g/mol. The first-order valence-electron chi connectivity index (χ1n) is 6.98. The van der Waals surface area contributed by atoms with Gasteiger partial charge in [0.05, 0.1) is 5.52 Å². The summed E-state index contributed by atoms with van der Waals surface area (Å²) >= 11 is 4.79. The summed E-state index contributed by atoms with van der Waals surface area (Å²) in [6.45, 7) is 0. The molecule has 7 heteroatoms. The molecule has 0 aliphatic rings. The number of pyridine rings is 1. The van der Waals surface area contributed by atoms with Crippen molar-refractivity contribution in [1.82, 2.24) is 19.9 Å². The van der Waals surface area contributed by atoms with Gasteiger partial charge in [0, 0.05) is 24.8 Å². The second-order valence-electron chi connectivity index (χ2n) is 5.21. The molecule has 1 N–H and O–H groups in total. The number of imidazole rings is 1. The fraction of sp³-hybridized carbons (Fsp3) is 0.188. The van der Waals surface area contributed by atoms with Gasteiger partial charge in [0.15, 0.2) is 10.8 Å². The maximum atomic E-state index is 12.6. The number of fused-ring (bicyclic) bond motifs is 1. The second kappa shape index (κ2) is 6.72. The number of nitrogens with one attached hydrogen (secondary N) is 1. The Bertz CT molecular complexity index is 834. The number of rotatable bonds is 4. The van der Waals surface area contributed by atoms with Crippen molar-refractivity contribution in [2.45, 2.75) is 10.4 Å². The number of H-pyrrole nitrogens is 1. The quantitative estimate of drug-likeness (QED) is 0.690. The molecule has 2 heterocycles. The third-order valence-electron chi connectivity index (χ3n) is 3.28.